The number of amides is 1. The van der Waals surface area contributed by atoms with Crippen molar-refractivity contribution < 1.29 is 24.9 Å². The highest BCUT2D eigenvalue weighted by molar-refractivity contribution is 5.94. The van der Waals surface area contributed by atoms with Crippen LogP contribution in [0.25, 0.3) is 0 Å². The molecule has 1 amide bonds. The van der Waals surface area contributed by atoms with Crippen LogP contribution < -0.4 is 0 Å². The second-order valence-electron chi connectivity index (χ2n) is 6.60. The fourth-order valence-corrected chi connectivity index (χ4v) is 3.91. The van der Waals surface area contributed by atoms with Gasteiger partial charge in [0, 0.05) is 30.7 Å². The molecule has 25 heavy (non-hydrogen) atoms. The second kappa shape index (κ2) is 8.26. The third-order valence-corrected chi connectivity index (χ3v) is 5.29. The van der Waals surface area contributed by atoms with Crippen molar-refractivity contribution in [1.82, 2.24) is 14.8 Å². The molecule has 2 saturated heterocycles. The van der Waals surface area contributed by atoms with Gasteiger partial charge >= 0.3 is 0 Å². The molecule has 3 rings (SSSR count). The van der Waals surface area contributed by atoms with Crippen LogP contribution in [0.4, 0.5) is 0 Å². The minimum absolute atomic E-state index is 0.0801. The number of fused-ring (bicyclic) bond motifs is 1. The Morgan fingerprint density at radius 2 is 2.16 bits per heavy atom. The molecule has 0 saturated carbocycles. The first-order valence-corrected chi connectivity index (χ1v) is 8.31. The number of piperidine rings is 2. The van der Waals surface area contributed by atoms with Crippen LogP contribution >= 0.6 is 0 Å². The third-order valence-electron chi connectivity index (χ3n) is 5.29. The molecule has 1 aromatic heterocycles. The first-order valence-electron chi connectivity index (χ1n) is 8.31. The summed E-state index contributed by atoms with van der Waals surface area (Å²) in [7, 11) is 2.06. The molecule has 3 N–H and O–H groups in total. The van der Waals surface area contributed by atoms with Gasteiger partial charge < -0.3 is 25.1 Å². The van der Waals surface area contributed by atoms with Crippen LogP contribution in [0.15, 0.2) is 18.3 Å². The molecule has 0 radical (unpaired) electrons. The minimum Gasteiger partial charge on any atom is -0.505 e. The molecular weight excluding hydrogens is 326 g/mol. The molecule has 1 aromatic rings. The van der Waals surface area contributed by atoms with Crippen LogP contribution in [-0.2, 0) is 4.79 Å². The summed E-state index contributed by atoms with van der Waals surface area (Å²) in [4.78, 5) is 29.0. The fraction of sp³-hybridized carbons (Fsp3) is 0.588. The van der Waals surface area contributed by atoms with Gasteiger partial charge in [0.15, 0.2) is 5.69 Å². The normalized spacial score (nSPS) is 26.2. The number of pyridine rings is 1. The van der Waals surface area contributed by atoms with Gasteiger partial charge in [-0.25, -0.2) is 4.98 Å². The van der Waals surface area contributed by atoms with Crippen molar-refractivity contribution in [3.63, 3.8) is 0 Å². The quantitative estimate of drug-likeness (QED) is 0.661. The van der Waals surface area contributed by atoms with E-state index >= 15 is 0 Å². The standard InChI is InChI=1S/C16H23N3O3.CH2O2/c1-18-8-3-5-16(11-20)6-9-19(10-13(16)18)15(22)14-12(21)4-2-7-17-14;2-1-3/h2,4,7,13,20-21H,3,5-6,8-11H2,1H3;1H,(H,2,3)/t13-,16-;/m1./s1. The van der Waals surface area contributed by atoms with E-state index in [4.69, 9.17) is 9.90 Å². The number of hydrogen-bond donors (Lipinski definition) is 3. The van der Waals surface area contributed by atoms with Crippen molar-refractivity contribution in [2.45, 2.75) is 25.3 Å². The monoisotopic (exact) mass is 351 g/mol. The lowest BCUT2D eigenvalue weighted by Gasteiger charge is -2.53. The maximum absolute atomic E-state index is 12.6. The zero-order chi connectivity index (χ0) is 18.4. The van der Waals surface area contributed by atoms with Crippen molar-refractivity contribution in [3.8, 4) is 5.75 Å². The molecule has 0 aliphatic carbocycles. The number of hydrogen-bond acceptors (Lipinski definition) is 6. The molecule has 2 aliphatic rings. The molecule has 0 aromatic carbocycles. The zero-order valence-corrected chi connectivity index (χ0v) is 14.3. The van der Waals surface area contributed by atoms with E-state index in [-0.39, 0.29) is 41.9 Å². The highest BCUT2D eigenvalue weighted by Gasteiger charge is 2.47. The van der Waals surface area contributed by atoms with Crippen molar-refractivity contribution >= 4 is 12.4 Å². The van der Waals surface area contributed by atoms with E-state index in [2.05, 4.69) is 16.9 Å². The van der Waals surface area contributed by atoms with E-state index in [9.17, 15) is 15.0 Å². The van der Waals surface area contributed by atoms with Gasteiger partial charge in [-0.1, -0.05) is 0 Å². The van der Waals surface area contributed by atoms with Crippen LogP contribution in [0.3, 0.4) is 0 Å². The molecule has 8 nitrogen and oxygen atoms in total. The fourth-order valence-electron chi connectivity index (χ4n) is 3.91. The highest BCUT2D eigenvalue weighted by Crippen LogP contribution is 2.41. The Kier molecular flexibility index (Phi) is 6.33. The van der Waals surface area contributed by atoms with Crippen LogP contribution in [0.1, 0.15) is 29.8 Å². The molecule has 2 fully saturated rings. The lowest BCUT2D eigenvalue weighted by molar-refractivity contribution is -0.122. The van der Waals surface area contributed by atoms with E-state index in [1.807, 2.05) is 0 Å². The number of likely N-dealkylation sites (N-methyl/N-ethyl adjacent to an activating group) is 1. The van der Waals surface area contributed by atoms with Gasteiger partial charge in [0.1, 0.15) is 5.75 Å². The maximum Gasteiger partial charge on any atom is 0.290 e. The van der Waals surface area contributed by atoms with Gasteiger partial charge in [-0.05, 0) is 45.0 Å². The summed E-state index contributed by atoms with van der Waals surface area (Å²) in [5.41, 5.74) is 0.00751. The predicted molar refractivity (Wildman–Crippen MR) is 90.3 cm³/mol. The van der Waals surface area contributed by atoms with E-state index in [0.717, 1.165) is 25.8 Å². The summed E-state index contributed by atoms with van der Waals surface area (Å²) in [6.07, 6.45) is 4.40. The topological polar surface area (TPSA) is 114 Å². The summed E-state index contributed by atoms with van der Waals surface area (Å²) >= 11 is 0. The van der Waals surface area contributed by atoms with Crippen molar-refractivity contribution in [2.75, 3.05) is 33.3 Å². The molecule has 2 atom stereocenters. The van der Waals surface area contributed by atoms with Gasteiger partial charge in [0.25, 0.3) is 12.4 Å². The summed E-state index contributed by atoms with van der Waals surface area (Å²) in [5.74, 6) is -0.313. The number of carboxylic acid groups (broad SMARTS) is 1. The van der Waals surface area contributed by atoms with Crippen LogP contribution in [0.2, 0.25) is 0 Å². The molecule has 0 unspecified atom stereocenters. The maximum atomic E-state index is 12.6. The van der Waals surface area contributed by atoms with Crippen LogP contribution in [0.5, 0.6) is 5.75 Å². The lowest BCUT2D eigenvalue weighted by Crippen LogP contribution is -2.62. The largest absolute Gasteiger partial charge is 0.505 e. The molecule has 138 valence electrons. The molecule has 3 heterocycles. The number of nitrogens with zero attached hydrogens (tertiary/aromatic N) is 3. The first kappa shape index (κ1) is 19.1. The smallest absolute Gasteiger partial charge is 0.290 e. The van der Waals surface area contributed by atoms with E-state index in [0.29, 0.717) is 13.1 Å². The molecule has 0 spiro atoms. The number of carbonyl (C=O) groups is 2. The van der Waals surface area contributed by atoms with Gasteiger partial charge in [-0.15, -0.1) is 0 Å². The third kappa shape index (κ3) is 3.91. The number of likely N-dealkylation sites (tertiary alicyclic amines) is 2. The minimum atomic E-state index is -0.250. The van der Waals surface area contributed by atoms with Gasteiger partial charge in [0.2, 0.25) is 0 Å². The Balaban J connectivity index is 0.000000701. The van der Waals surface area contributed by atoms with E-state index < -0.39 is 0 Å². The van der Waals surface area contributed by atoms with Gasteiger partial charge in [-0.3, -0.25) is 9.59 Å². The number of aromatic nitrogens is 1. The Bertz CT molecular complexity index is 612. The number of aliphatic hydroxyl groups is 1. The summed E-state index contributed by atoms with van der Waals surface area (Å²) in [6.45, 7) is 2.08. The highest BCUT2D eigenvalue weighted by atomic mass is 16.3. The molecule has 0 bridgehead atoms. The van der Waals surface area contributed by atoms with Crippen molar-refractivity contribution in [1.29, 1.82) is 0 Å². The number of aromatic hydroxyl groups is 1. The van der Waals surface area contributed by atoms with Crippen LogP contribution in [-0.4, -0.2) is 81.8 Å². The van der Waals surface area contributed by atoms with Crippen molar-refractivity contribution in [2.24, 2.45) is 5.41 Å². The van der Waals surface area contributed by atoms with Gasteiger partial charge in [0.05, 0.1) is 6.61 Å². The summed E-state index contributed by atoms with van der Waals surface area (Å²) < 4.78 is 0. The average molecular weight is 351 g/mol. The van der Waals surface area contributed by atoms with E-state index in [1.165, 1.54) is 12.3 Å². The second-order valence-corrected chi connectivity index (χ2v) is 6.60. The molecule has 2 aliphatic heterocycles. The average Bonchev–Trinajstić information content (AvgIpc) is 2.62. The number of aliphatic hydroxyl groups excluding tert-OH is 1. The number of carbonyl (C=O) groups excluding carboxylic acids is 1. The molecule has 8 heteroatoms. The zero-order valence-electron chi connectivity index (χ0n) is 14.3. The summed E-state index contributed by atoms with van der Waals surface area (Å²) in [5, 5.41) is 26.6. The lowest BCUT2D eigenvalue weighted by atomic mass is 9.69. The summed E-state index contributed by atoms with van der Waals surface area (Å²) in [6, 6.07) is 3.25. The Labute approximate surface area is 146 Å². The van der Waals surface area contributed by atoms with Crippen molar-refractivity contribution in [3.05, 3.63) is 24.0 Å². The van der Waals surface area contributed by atoms with Crippen LogP contribution in [0, 0.1) is 5.41 Å². The Hall–Kier alpha value is -2.19. The Morgan fingerprint density at radius 3 is 2.80 bits per heavy atom. The number of rotatable bonds is 2. The van der Waals surface area contributed by atoms with Gasteiger partial charge in [-0.2, -0.15) is 0 Å². The SMILES string of the molecule is CN1CCC[C@]2(CO)CCN(C(=O)c3ncccc3O)C[C@@H]12.O=CO. The Morgan fingerprint density at radius 1 is 1.44 bits per heavy atom. The predicted octanol–water partition coefficient (Wildman–Crippen LogP) is 0.407. The van der Waals surface area contributed by atoms with E-state index in [1.54, 1.807) is 11.0 Å². The first-order chi connectivity index (χ1) is 12.0. The molecular formula is C17H25N3O5.